The van der Waals surface area contributed by atoms with Crippen LogP contribution in [0.2, 0.25) is 0 Å². The minimum Gasteiger partial charge on any atom is -0.312 e. The second-order valence-electron chi connectivity index (χ2n) is 4.23. The van der Waals surface area contributed by atoms with Gasteiger partial charge in [0.25, 0.3) is 0 Å². The first-order valence-corrected chi connectivity index (χ1v) is 5.87. The monoisotopic (exact) mass is 204 g/mol. The quantitative estimate of drug-likeness (QED) is 0.788. The standard InChI is InChI=1S/C13H20N2/c1-14-13(11-7-3-2-4-8-11)12-9-5-6-10-15-12/h2-4,7-8,12-15H,5-6,9-10H2,1H3. The number of piperidine rings is 1. The Hall–Kier alpha value is -0.860. The van der Waals surface area contributed by atoms with Crippen LogP contribution in [0, 0.1) is 0 Å². The predicted octanol–water partition coefficient (Wildman–Crippen LogP) is 2.09. The third kappa shape index (κ3) is 2.58. The first-order valence-electron chi connectivity index (χ1n) is 5.87. The van der Waals surface area contributed by atoms with E-state index in [1.165, 1.54) is 24.8 Å². The fourth-order valence-electron chi connectivity index (χ4n) is 2.42. The van der Waals surface area contributed by atoms with Crippen molar-refractivity contribution in [1.29, 1.82) is 0 Å². The Morgan fingerprint density at radius 1 is 1.27 bits per heavy atom. The van der Waals surface area contributed by atoms with Crippen molar-refractivity contribution in [3.63, 3.8) is 0 Å². The molecule has 0 aliphatic carbocycles. The van der Waals surface area contributed by atoms with Crippen LogP contribution < -0.4 is 10.6 Å². The molecule has 1 heterocycles. The summed E-state index contributed by atoms with van der Waals surface area (Å²) in [6, 6.07) is 11.8. The van der Waals surface area contributed by atoms with Crippen molar-refractivity contribution in [1.82, 2.24) is 10.6 Å². The Labute approximate surface area is 92.1 Å². The minimum atomic E-state index is 0.450. The summed E-state index contributed by atoms with van der Waals surface area (Å²) in [5.74, 6) is 0. The van der Waals surface area contributed by atoms with Gasteiger partial charge in [-0.05, 0) is 32.0 Å². The Balaban J connectivity index is 2.09. The maximum Gasteiger partial charge on any atom is 0.0473 e. The zero-order valence-corrected chi connectivity index (χ0v) is 9.37. The summed E-state index contributed by atoms with van der Waals surface area (Å²) in [6.07, 6.45) is 3.95. The lowest BCUT2D eigenvalue weighted by Crippen LogP contribution is -2.43. The molecule has 0 spiro atoms. The molecule has 0 saturated carbocycles. The van der Waals surface area contributed by atoms with Gasteiger partial charge in [-0.1, -0.05) is 36.8 Å². The molecule has 1 fully saturated rings. The fraction of sp³-hybridized carbons (Fsp3) is 0.538. The number of likely N-dealkylation sites (N-methyl/N-ethyl adjacent to an activating group) is 1. The van der Waals surface area contributed by atoms with Crippen LogP contribution in [0.5, 0.6) is 0 Å². The van der Waals surface area contributed by atoms with E-state index in [0.29, 0.717) is 12.1 Å². The smallest absolute Gasteiger partial charge is 0.0473 e. The first-order chi connectivity index (χ1) is 7.42. The molecular weight excluding hydrogens is 184 g/mol. The van der Waals surface area contributed by atoms with E-state index in [0.717, 1.165) is 6.54 Å². The van der Waals surface area contributed by atoms with Crippen molar-refractivity contribution in [2.45, 2.75) is 31.3 Å². The van der Waals surface area contributed by atoms with Gasteiger partial charge in [-0.25, -0.2) is 0 Å². The van der Waals surface area contributed by atoms with E-state index in [-0.39, 0.29) is 0 Å². The van der Waals surface area contributed by atoms with Crippen LogP contribution >= 0.6 is 0 Å². The van der Waals surface area contributed by atoms with E-state index in [4.69, 9.17) is 0 Å². The molecule has 1 aromatic rings. The van der Waals surface area contributed by atoms with Crippen molar-refractivity contribution in [3.8, 4) is 0 Å². The van der Waals surface area contributed by atoms with Crippen molar-refractivity contribution >= 4 is 0 Å². The molecule has 82 valence electrons. The highest BCUT2D eigenvalue weighted by molar-refractivity contribution is 5.20. The second kappa shape index (κ2) is 5.29. The van der Waals surface area contributed by atoms with Crippen LogP contribution in [0.4, 0.5) is 0 Å². The Kier molecular flexibility index (Phi) is 3.75. The first kappa shape index (κ1) is 10.7. The molecule has 15 heavy (non-hydrogen) atoms. The maximum absolute atomic E-state index is 3.61. The van der Waals surface area contributed by atoms with Gasteiger partial charge in [-0.15, -0.1) is 0 Å². The summed E-state index contributed by atoms with van der Waals surface area (Å²) in [5.41, 5.74) is 1.39. The lowest BCUT2D eigenvalue weighted by Gasteiger charge is -2.31. The van der Waals surface area contributed by atoms with Gasteiger partial charge in [-0.2, -0.15) is 0 Å². The Morgan fingerprint density at radius 3 is 2.67 bits per heavy atom. The molecule has 2 rings (SSSR count). The Morgan fingerprint density at radius 2 is 2.07 bits per heavy atom. The molecule has 2 heteroatoms. The average molecular weight is 204 g/mol. The molecule has 2 N–H and O–H groups in total. The Bertz CT molecular complexity index is 278. The van der Waals surface area contributed by atoms with Crippen LogP contribution in [0.1, 0.15) is 30.9 Å². The van der Waals surface area contributed by atoms with Crippen LogP contribution in [0.15, 0.2) is 30.3 Å². The molecule has 0 amide bonds. The van der Waals surface area contributed by atoms with Crippen LogP contribution in [-0.2, 0) is 0 Å². The molecular formula is C13H20N2. The van der Waals surface area contributed by atoms with E-state index in [2.05, 4.69) is 41.0 Å². The van der Waals surface area contributed by atoms with Crippen molar-refractivity contribution < 1.29 is 0 Å². The SMILES string of the molecule is CNC(c1ccccc1)C1CCCCN1. The number of hydrogen-bond donors (Lipinski definition) is 2. The summed E-state index contributed by atoms with van der Waals surface area (Å²) >= 11 is 0. The molecule has 2 atom stereocenters. The average Bonchev–Trinajstić information content (AvgIpc) is 2.33. The van der Waals surface area contributed by atoms with Crippen LogP contribution in [-0.4, -0.2) is 19.6 Å². The van der Waals surface area contributed by atoms with E-state index in [1.807, 2.05) is 7.05 Å². The summed E-state index contributed by atoms with van der Waals surface area (Å²) < 4.78 is 0. The molecule has 0 radical (unpaired) electrons. The molecule has 2 nitrogen and oxygen atoms in total. The third-order valence-electron chi connectivity index (χ3n) is 3.22. The van der Waals surface area contributed by atoms with Crippen LogP contribution in [0.25, 0.3) is 0 Å². The minimum absolute atomic E-state index is 0.450. The topological polar surface area (TPSA) is 24.1 Å². The zero-order valence-electron chi connectivity index (χ0n) is 9.37. The highest BCUT2D eigenvalue weighted by atomic mass is 15.0. The summed E-state index contributed by atoms with van der Waals surface area (Å²) in [4.78, 5) is 0. The number of rotatable bonds is 3. The van der Waals surface area contributed by atoms with E-state index >= 15 is 0 Å². The molecule has 1 aliphatic heterocycles. The largest absolute Gasteiger partial charge is 0.312 e. The molecule has 1 aliphatic rings. The highest BCUT2D eigenvalue weighted by Gasteiger charge is 2.22. The van der Waals surface area contributed by atoms with Gasteiger partial charge < -0.3 is 10.6 Å². The van der Waals surface area contributed by atoms with Gasteiger partial charge >= 0.3 is 0 Å². The van der Waals surface area contributed by atoms with E-state index in [9.17, 15) is 0 Å². The summed E-state index contributed by atoms with van der Waals surface area (Å²) in [6.45, 7) is 1.16. The summed E-state index contributed by atoms with van der Waals surface area (Å²) in [5, 5.41) is 7.03. The fourth-order valence-corrected chi connectivity index (χ4v) is 2.42. The van der Waals surface area contributed by atoms with Gasteiger partial charge in [0.1, 0.15) is 0 Å². The van der Waals surface area contributed by atoms with Gasteiger partial charge in [0.15, 0.2) is 0 Å². The number of benzene rings is 1. The summed E-state index contributed by atoms with van der Waals surface area (Å²) in [7, 11) is 2.05. The van der Waals surface area contributed by atoms with Crippen molar-refractivity contribution in [3.05, 3.63) is 35.9 Å². The lowest BCUT2D eigenvalue weighted by molar-refractivity contribution is 0.326. The normalized spacial score (nSPS) is 23.7. The van der Waals surface area contributed by atoms with Crippen LogP contribution in [0.3, 0.4) is 0 Å². The van der Waals surface area contributed by atoms with Gasteiger partial charge in [0.2, 0.25) is 0 Å². The molecule has 1 aromatic carbocycles. The molecule has 0 bridgehead atoms. The van der Waals surface area contributed by atoms with Gasteiger partial charge in [0, 0.05) is 12.1 Å². The lowest BCUT2D eigenvalue weighted by atomic mass is 9.93. The van der Waals surface area contributed by atoms with Crippen molar-refractivity contribution in [2.24, 2.45) is 0 Å². The third-order valence-corrected chi connectivity index (χ3v) is 3.22. The van der Waals surface area contributed by atoms with Gasteiger partial charge in [0.05, 0.1) is 0 Å². The molecule has 2 unspecified atom stereocenters. The van der Waals surface area contributed by atoms with Gasteiger partial charge in [-0.3, -0.25) is 0 Å². The second-order valence-corrected chi connectivity index (χ2v) is 4.23. The number of hydrogen-bond acceptors (Lipinski definition) is 2. The molecule has 0 aromatic heterocycles. The maximum atomic E-state index is 3.61. The highest BCUT2D eigenvalue weighted by Crippen LogP contribution is 2.22. The van der Waals surface area contributed by atoms with E-state index in [1.54, 1.807) is 0 Å². The number of nitrogens with one attached hydrogen (secondary N) is 2. The predicted molar refractivity (Wildman–Crippen MR) is 63.9 cm³/mol. The van der Waals surface area contributed by atoms with E-state index < -0.39 is 0 Å². The van der Waals surface area contributed by atoms with Crippen molar-refractivity contribution in [2.75, 3.05) is 13.6 Å². The zero-order chi connectivity index (χ0) is 10.5. The molecule has 1 saturated heterocycles.